The molecule has 4 rings (SSSR count). The lowest BCUT2D eigenvalue weighted by Gasteiger charge is -2.15. The largest absolute Gasteiger partial charge is 0.488 e. The first-order valence-corrected chi connectivity index (χ1v) is 10.6. The van der Waals surface area contributed by atoms with Crippen LogP contribution in [0.25, 0.3) is 11.1 Å². The number of nitrogens with one attached hydrogen (secondary N) is 1. The molecule has 162 valence electrons. The third-order valence-electron chi connectivity index (χ3n) is 5.42. The van der Waals surface area contributed by atoms with E-state index in [-0.39, 0.29) is 6.61 Å². The standard InChI is InChI=1S/C28H23N3O2/c1-20-26(24-6-3-2-4-7-24)8-5-9-27(20)31-17-21-10-11-25(18-32)28(13-21)33-19-23-12-22(14-29)15-30-16-23/h2-13,15-16,18,31H,17,19H2,1H3. The monoisotopic (exact) mass is 433 g/mol. The van der Waals surface area contributed by atoms with Crippen LogP contribution in [0.1, 0.15) is 32.6 Å². The molecule has 1 aromatic heterocycles. The van der Waals surface area contributed by atoms with Crippen LogP contribution in [-0.4, -0.2) is 11.3 Å². The summed E-state index contributed by atoms with van der Waals surface area (Å²) >= 11 is 0. The van der Waals surface area contributed by atoms with Crippen LogP contribution in [0, 0.1) is 18.3 Å². The average molecular weight is 434 g/mol. The summed E-state index contributed by atoms with van der Waals surface area (Å²) in [4.78, 5) is 15.5. The van der Waals surface area contributed by atoms with Crippen molar-refractivity contribution in [3.8, 4) is 22.9 Å². The molecule has 0 fully saturated rings. The van der Waals surface area contributed by atoms with Crippen molar-refractivity contribution >= 4 is 12.0 Å². The lowest BCUT2D eigenvalue weighted by Crippen LogP contribution is -2.04. The van der Waals surface area contributed by atoms with E-state index in [1.54, 1.807) is 18.3 Å². The van der Waals surface area contributed by atoms with Crippen molar-refractivity contribution in [2.45, 2.75) is 20.1 Å². The van der Waals surface area contributed by atoms with E-state index in [2.05, 4.69) is 47.6 Å². The highest BCUT2D eigenvalue weighted by atomic mass is 16.5. The molecule has 0 unspecified atom stereocenters. The van der Waals surface area contributed by atoms with Gasteiger partial charge in [0.1, 0.15) is 18.4 Å². The highest BCUT2D eigenvalue weighted by Gasteiger charge is 2.09. The summed E-state index contributed by atoms with van der Waals surface area (Å²) in [7, 11) is 0. The topological polar surface area (TPSA) is 75.0 Å². The molecule has 1 N–H and O–H groups in total. The third-order valence-corrected chi connectivity index (χ3v) is 5.42. The molecule has 0 saturated heterocycles. The molecule has 0 atom stereocenters. The smallest absolute Gasteiger partial charge is 0.153 e. The zero-order valence-electron chi connectivity index (χ0n) is 18.3. The summed E-state index contributed by atoms with van der Waals surface area (Å²) in [6, 6.07) is 25.9. The molecule has 33 heavy (non-hydrogen) atoms. The van der Waals surface area contributed by atoms with Crippen LogP contribution in [0.5, 0.6) is 5.75 Å². The number of carbonyl (C=O) groups excluding carboxylic acids is 1. The zero-order valence-corrected chi connectivity index (χ0v) is 18.3. The van der Waals surface area contributed by atoms with E-state index in [9.17, 15) is 4.79 Å². The molecule has 0 aliphatic carbocycles. The highest BCUT2D eigenvalue weighted by Crippen LogP contribution is 2.29. The fraction of sp³-hybridized carbons (Fsp3) is 0.107. The first-order chi connectivity index (χ1) is 16.2. The van der Waals surface area contributed by atoms with Gasteiger partial charge >= 0.3 is 0 Å². The predicted octanol–water partition coefficient (Wildman–Crippen LogP) is 5.93. The van der Waals surface area contributed by atoms with E-state index < -0.39 is 0 Å². The molecule has 3 aromatic carbocycles. The van der Waals surface area contributed by atoms with Gasteiger partial charge < -0.3 is 10.1 Å². The molecule has 0 radical (unpaired) electrons. The highest BCUT2D eigenvalue weighted by molar-refractivity contribution is 5.79. The Morgan fingerprint density at radius 3 is 2.64 bits per heavy atom. The Labute approximate surface area is 193 Å². The number of carbonyl (C=O) groups is 1. The van der Waals surface area contributed by atoms with Crippen LogP contribution in [0.3, 0.4) is 0 Å². The summed E-state index contributed by atoms with van der Waals surface area (Å²) < 4.78 is 5.90. The number of aromatic nitrogens is 1. The number of ether oxygens (including phenoxy) is 1. The maximum Gasteiger partial charge on any atom is 0.153 e. The van der Waals surface area contributed by atoms with Gasteiger partial charge in [0.25, 0.3) is 0 Å². The molecule has 0 aliphatic rings. The number of pyridine rings is 1. The second-order valence-corrected chi connectivity index (χ2v) is 7.67. The lowest BCUT2D eigenvalue weighted by molar-refractivity contribution is 0.111. The number of hydrogen-bond donors (Lipinski definition) is 1. The van der Waals surface area contributed by atoms with Gasteiger partial charge in [-0.2, -0.15) is 5.26 Å². The fourth-order valence-electron chi connectivity index (χ4n) is 3.65. The van der Waals surface area contributed by atoms with E-state index >= 15 is 0 Å². The molecule has 5 heteroatoms. The van der Waals surface area contributed by atoms with Gasteiger partial charge in [0, 0.05) is 30.2 Å². The Morgan fingerprint density at radius 2 is 1.85 bits per heavy atom. The van der Waals surface area contributed by atoms with Gasteiger partial charge in [-0.15, -0.1) is 0 Å². The molecule has 0 spiro atoms. The molecule has 1 heterocycles. The summed E-state index contributed by atoms with van der Waals surface area (Å²) in [5, 5.41) is 12.5. The van der Waals surface area contributed by atoms with Crippen LogP contribution in [-0.2, 0) is 13.2 Å². The number of aldehydes is 1. The van der Waals surface area contributed by atoms with E-state index in [1.807, 2.05) is 36.4 Å². The van der Waals surface area contributed by atoms with Gasteiger partial charge in [-0.3, -0.25) is 9.78 Å². The van der Waals surface area contributed by atoms with Gasteiger partial charge in [-0.05, 0) is 53.4 Å². The van der Waals surface area contributed by atoms with E-state index in [0.717, 1.165) is 23.1 Å². The van der Waals surface area contributed by atoms with Crippen LogP contribution in [0.4, 0.5) is 5.69 Å². The SMILES string of the molecule is Cc1c(NCc2ccc(C=O)c(OCc3cncc(C#N)c3)c2)cccc1-c1ccccc1. The number of nitrogens with zero attached hydrogens (tertiary/aromatic N) is 2. The number of nitriles is 1. The lowest BCUT2D eigenvalue weighted by atomic mass is 9.99. The van der Waals surface area contributed by atoms with Crippen molar-refractivity contribution in [3.63, 3.8) is 0 Å². The van der Waals surface area contributed by atoms with Crippen molar-refractivity contribution in [2.24, 2.45) is 0 Å². The Morgan fingerprint density at radius 1 is 1.00 bits per heavy atom. The maximum atomic E-state index is 11.5. The van der Waals surface area contributed by atoms with E-state index in [0.29, 0.717) is 23.4 Å². The second-order valence-electron chi connectivity index (χ2n) is 7.67. The van der Waals surface area contributed by atoms with Crippen LogP contribution >= 0.6 is 0 Å². The molecule has 5 nitrogen and oxygen atoms in total. The summed E-state index contributed by atoms with van der Waals surface area (Å²) in [6.07, 6.45) is 3.93. The first kappa shape index (κ1) is 21.8. The number of anilines is 1. The molecule has 0 aliphatic heterocycles. The minimum Gasteiger partial charge on any atom is -0.488 e. The third kappa shape index (κ3) is 5.25. The number of benzene rings is 3. The summed E-state index contributed by atoms with van der Waals surface area (Å²) in [5.74, 6) is 0.501. The van der Waals surface area contributed by atoms with Crippen LogP contribution < -0.4 is 10.1 Å². The molecular weight excluding hydrogens is 410 g/mol. The molecule has 0 bridgehead atoms. The Bertz CT molecular complexity index is 1310. The number of hydrogen-bond acceptors (Lipinski definition) is 5. The van der Waals surface area contributed by atoms with Crippen molar-refractivity contribution in [3.05, 3.63) is 113 Å². The zero-order chi connectivity index (χ0) is 23.0. The molecule has 0 amide bonds. The average Bonchev–Trinajstić information content (AvgIpc) is 2.87. The molecule has 4 aromatic rings. The minimum absolute atomic E-state index is 0.221. The van der Waals surface area contributed by atoms with Crippen LogP contribution in [0.15, 0.2) is 85.2 Å². The number of rotatable bonds is 8. The quantitative estimate of drug-likeness (QED) is 0.349. The predicted molar refractivity (Wildman–Crippen MR) is 129 cm³/mol. The van der Waals surface area contributed by atoms with Gasteiger partial charge in [0.15, 0.2) is 6.29 Å². The summed E-state index contributed by atoms with van der Waals surface area (Å²) in [6.45, 7) is 2.91. The van der Waals surface area contributed by atoms with E-state index in [1.165, 1.54) is 22.9 Å². The van der Waals surface area contributed by atoms with Crippen molar-refractivity contribution in [2.75, 3.05) is 5.32 Å². The van der Waals surface area contributed by atoms with Crippen molar-refractivity contribution in [1.82, 2.24) is 4.98 Å². The maximum absolute atomic E-state index is 11.5. The van der Waals surface area contributed by atoms with Crippen molar-refractivity contribution in [1.29, 1.82) is 5.26 Å². The normalized spacial score (nSPS) is 10.3. The Balaban J connectivity index is 1.49. The van der Waals surface area contributed by atoms with Gasteiger partial charge in [0.2, 0.25) is 0 Å². The van der Waals surface area contributed by atoms with Gasteiger partial charge in [-0.1, -0.05) is 48.5 Å². The van der Waals surface area contributed by atoms with Gasteiger partial charge in [-0.25, -0.2) is 0 Å². The molecular formula is C28H23N3O2. The van der Waals surface area contributed by atoms with Crippen molar-refractivity contribution < 1.29 is 9.53 Å². The molecule has 0 saturated carbocycles. The Kier molecular flexibility index (Phi) is 6.77. The fourth-order valence-corrected chi connectivity index (χ4v) is 3.65. The second kappa shape index (κ2) is 10.3. The summed E-state index contributed by atoms with van der Waals surface area (Å²) in [5.41, 5.74) is 7.30. The minimum atomic E-state index is 0.221. The Hall–Kier alpha value is -4.43. The first-order valence-electron chi connectivity index (χ1n) is 10.6. The van der Waals surface area contributed by atoms with E-state index in [4.69, 9.17) is 10.00 Å². The van der Waals surface area contributed by atoms with Crippen LogP contribution in [0.2, 0.25) is 0 Å². The van der Waals surface area contributed by atoms with Gasteiger partial charge in [0.05, 0.1) is 11.1 Å².